The highest BCUT2D eigenvalue weighted by Gasteiger charge is 2.41. The highest BCUT2D eigenvalue weighted by Crippen LogP contribution is 2.37. The zero-order valence-electron chi connectivity index (χ0n) is 15.6. The van der Waals surface area contributed by atoms with Crippen LogP contribution in [0.2, 0.25) is 0 Å². The molecule has 5 rings (SSSR count). The minimum absolute atomic E-state index is 0.0263. The van der Waals surface area contributed by atoms with Gasteiger partial charge in [-0.2, -0.15) is 0 Å². The van der Waals surface area contributed by atoms with Crippen molar-refractivity contribution in [1.29, 1.82) is 0 Å². The summed E-state index contributed by atoms with van der Waals surface area (Å²) in [5, 5.41) is 14.0. The van der Waals surface area contributed by atoms with Gasteiger partial charge < -0.3 is 10.4 Å². The molecule has 0 radical (unpaired) electrons. The van der Waals surface area contributed by atoms with E-state index in [-0.39, 0.29) is 12.1 Å². The summed E-state index contributed by atoms with van der Waals surface area (Å²) in [7, 11) is 0. The zero-order chi connectivity index (χ0) is 18.9. The van der Waals surface area contributed by atoms with Crippen LogP contribution in [0.15, 0.2) is 49.1 Å². The second kappa shape index (κ2) is 7.41. The van der Waals surface area contributed by atoms with Crippen LogP contribution in [0.1, 0.15) is 18.5 Å². The van der Waals surface area contributed by atoms with Crippen LogP contribution in [0.25, 0.3) is 11.0 Å². The van der Waals surface area contributed by atoms with E-state index in [1.54, 1.807) is 18.6 Å². The van der Waals surface area contributed by atoms with Gasteiger partial charge in [-0.1, -0.05) is 12.1 Å². The molecule has 2 N–H and O–H groups in total. The van der Waals surface area contributed by atoms with E-state index in [1.807, 2.05) is 30.5 Å². The average molecular weight is 376 g/mol. The van der Waals surface area contributed by atoms with E-state index in [0.717, 1.165) is 55.0 Å². The molecule has 3 aromatic rings. The third kappa shape index (κ3) is 3.55. The lowest BCUT2D eigenvalue weighted by atomic mass is 9.77. The van der Waals surface area contributed by atoms with Crippen LogP contribution in [0, 0.1) is 11.8 Å². The molecule has 1 aliphatic carbocycles. The molecule has 0 amide bonds. The van der Waals surface area contributed by atoms with Gasteiger partial charge in [0.1, 0.15) is 5.82 Å². The number of fused-ring (bicyclic) bond motifs is 2. The largest absolute Gasteiger partial charge is 0.391 e. The van der Waals surface area contributed by atoms with Crippen LogP contribution in [0.4, 0.5) is 5.82 Å². The number of aromatic nitrogens is 4. The lowest BCUT2D eigenvalue weighted by molar-refractivity contribution is 0.0735. The summed E-state index contributed by atoms with van der Waals surface area (Å²) in [6.45, 7) is 2.85. The number of anilines is 1. The Morgan fingerprint density at radius 1 is 1.00 bits per heavy atom. The number of hydrogen-bond donors (Lipinski definition) is 2. The Hall–Kier alpha value is -2.64. The Bertz CT molecular complexity index is 952. The highest BCUT2D eigenvalue weighted by atomic mass is 16.3. The number of nitrogens with zero attached hydrogens (tertiary/aromatic N) is 5. The molecular weight excluding hydrogens is 352 g/mol. The maximum absolute atomic E-state index is 10.6. The SMILES string of the molecule is O[C@@H]1C[C@H]2CN(Cc3cnc4ccccc4n3)C[C@H]2C[C@H]1Nc1cnccn1. The maximum atomic E-state index is 10.6. The van der Waals surface area contributed by atoms with E-state index in [0.29, 0.717) is 11.8 Å². The monoisotopic (exact) mass is 376 g/mol. The van der Waals surface area contributed by atoms with E-state index >= 15 is 0 Å². The molecule has 28 heavy (non-hydrogen) atoms. The summed E-state index contributed by atoms with van der Waals surface area (Å²) in [4.78, 5) is 20.1. The lowest BCUT2D eigenvalue weighted by Crippen LogP contribution is -2.43. The van der Waals surface area contributed by atoms with E-state index in [4.69, 9.17) is 4.98 Å². The maximum Gasteiger partial charge on any atom is 0.144 e. The molecule has 1 aromatic carbocycles. The average Bonchev–Trinajstić information content (AvgIpc) is 3.10. The summed E-state index contributed by atoms with van der Waals surface area (Å²) < 4.78 is 0. The lowest BCUT2D eigenvalue weighted by Gasteiger charge is -2.35. The van der Waals surface area contributed by atoms with Crippen LogP contribution in [-0.4, -0.2) is 55.2 Å². The van der Waals surface area contributed by atoms with Gasteiger partial charge in [0, 0.05) is 32.0 Å². The molecular formula is C21H24N6O. The first-order valence-corrected chi connectivity index (χ1v) is 9.88. The molecule has 1 saturated carbocycles. The Labute approximate surface area is 163 Å². The quantitative estimate of drug-likeness (QED) is 0.721. The van der Waals surface area contributed by atoms with Crippen LogP contribution < -0.4 is 5.32 Å². The van der Waals surface area contributed by atoms with Crippen molar-refractivity contribution in [3.8, 4) is 0 Å². The molecule has 4 atom stereocenters. The number of rotatable bonds is 4. The third-order valence-electron chi connectivity index (χ3n) is 6.00. The topological polar surface area (TPSA) is 87.1 Å². The van der Waals surface area contributed by atoms with Crippen molar-refractivity contribution in [3.63, 3.8) is 0 Å². The van der Waals surface area contributed by atoms with Crippen molar-refractivity contribution < 1.29 is 5.11 Å². The van der Waals surface area contributed by atoms with Crippen LogP contribution in [0.5, 0.6) is 0 Å². The first-order valence-electron chi connectivity index (χ1n) is 9.88. The molecule has 0 spiro atoms. The van der Waals surface area contributed by atoms with Gasteiger partial charge in [-0.25, -0.2) is 9.97 Å². The van der Waals surface area contributed by atoms with Gasteiger partial charge in [0.25, 0.3) is 0 Å². The van der Waals surface area contributed by atoms with Crippen LogP contribution >= 0.6 is 0 Å². The van der Waals surface area contributed by atoms with Gasteiger partial charge in [-0.3, -0.25) is 14.9 Å². The molecule has 1 saturated heterocycles. The van der Waals surface area contributed by atoms with Gasteiger partial charge in [0.15, 0.2) is 0 Å². The predicted octanol–water partition coefficient (Wildman–Crippen LogP) is 2.10. The van der Waals surface area contributed by atoms with Crippen molar-refractivity contribution in [1.82, 2.24) is 24.8 Å². The van der Waals surface area contributed by atoms with E-state index in [9.17, 15) is 5.11 Å². The molecule has 7 heteroatoms. The third-order valence-corrected chi connectivity index (χ3v) is 6.00. The van der Waals surface area contributed by atoms with E-state index in [1.165, 1.54) is 0 Å². The summed E-state index contributed by atoms with van der Waals surface area (Å²) >= 11 is 0. The number of benzene rings is 1. The minimum Gasteiger partial charge on any atom is -0.391 e. The number of aliphatic hydroxyl groups is 1. The molecule has 1 aliphatic heterocycles. The van der Waals surface area contributed by atoms with Gasteiger partial charge in [0.2, 0.25) is 0 Å². The molecule has 2 fully saturated rings. The van der Waals surface area contributed by atoms with Gasteiger partial charge in [-0.15, -0.1) is 0 Å². The van der Waals surface area contributed by atoms with Crippen molar-refractivity contribution in [3.05, 3.63) is 54.7 Å². The highest BCUT2D eigenvalue weighted by molar-refractivity contribution is 5.73. The smallest absolute Gasteiger partial charge is 0.144 e. The van der Waals surface area contributed by atoms with Crippen molar-refractivity contribution in [2.24, 2.45) is 11.8 Å². The first-order chi connectivity index (χ1) is 13.7. The fourth-order valence-electron chi connectivity index (χ4n) is 4.68. The second-order valence-electron chi connectivity index (χ2n) is 7.94. The second-order valence-corrected chi connectivity index (χ2v) is 7.94. The predicted molar refractivity (Wildman–Crippen MR) is 106 cm³/mol. The zero-order valence-corrected chi connectivity index (χ0v) is 15.6. The summed E-state index contributed by atoms with van der Waals surface area (Å²) in [6, 6.07) is 8.00. The first kappa shape index (κ1) is 17.5. The van der Waals surface area contributed by atoms with E-state index in [2.05, 4.69) is 25.2 Å². The number of para-hydroxylation sites is 2. The number of likely N-dealkylation sites (tertiary alicyclic amines) is 1. The normalized spacial score (nSPS) is 27.6. The summed E-state index contributed by atoms with van der Waals surface area (Å²) in [6.07, 6.45) is 8.33. The molecule has 144 valence electrons. The molecule has 2 aromatic heterocycles. The molecule has 7 nitrogen and oxygen atoms in total. The molecule has 0 unspecified atom stereocenters. The number of hydrogen-bond acceptors (Lipinski definition) is 7. The Balaban J connectivity index is 1.24. The van der Waals surface area contributed by atoms with Gasteiger partial charge in [-0.05, 0) is 36.8 Å². The van der Waals surface area contributed by atoms with Gasteiger partial charge >= 0.3 is 0 Å². The van der Waals surface area contributed by atoms with Crippen LogP contribution in [-0.2, 0) is 6.54 Å². The van der Waals surface area contributed by atoms with Gasteiger partial charge in [0.05, 0.1) is 41.3 Å². The molecule has 2 aliphatic rings. The van der Waals surface area contributed by atoms with E-state index < -0.39 is 0 Å². The Kier molecular flexibility index (Phi) is 4.62. The minimum atomic E-state index is -0.358. The molecule has 3 heterocycles. The fourth-order valence-corrected chi connectivity index (χ4v) is 4.68. The number of aliphatic hydroxyl groups excluding tert-OH is 1. The summed E-state index contributed by atoms with van der Waals surface area (Å²) in [5.74, 6) is 1.83. The van der Waals surface area contributed by atoms with Crippen molar-refractivity contribution >= 4 is 16.9 Å². The fraction of sp³-hybridized carbons (Fsp3) is 0.429. The Morgan fingerprint density at radius 3 is 2.64 bits per heavy atom. The summed E-state index contributed by atoms with van der Waals surface area (Å²) in [5.41, 5.74) is 2.88. The van der Waals surface area contributed by atoms with Crippen LogP contribution in [0.3, 0.4) is 0 Å². The standard InChI is InChI=1S/C21H24N6O/c28-20-8-15-12-27(13-16-9-24-17-3-1-2-4-18(17)25-16)11-14(15)7-19(20)26-21-10-22-5-6-23-21/h1-6,9-10,14-15,19-20,28H,7-8,11-13H2,(H,23,26)/t14-,15+,19-,20-/m1/s1. The van der Waals surface area contributed by atoms with Crippen molar-refractivity contribution in [2.45, 2.75) is 31.5 Å². The molecule has 0 bridgehead atoms. The van der Waals surface area contributed by atoms with Crippen molar-refractivity contribution in [2.75, 3.05) is 18.4 Å². The Morgan fingerprint density at radius 2 is 1.82 bits per heavy atom. The number of nitrogens with one attached hydrogen (secondary N) is 1.